The molecule has 0 aromatic carbocycles. The smallest absolute Gasteiger partial charge is 0.254 e. The molecule has 1 rings (SSSR count). The van der Waals surface area contributed by atoms with E-state index in [9.17, 15) is 0 Å². The lowest BCUT2D eigenvalue weighted by Crippen LogP contribution is -1.97. The summed E-state index contributed by atoms with van der Waals surface area (Å²) in [5, 5.41) is 15.6. The van der Waals surface area contributed by atoms with Crippen LogP contribution < -0.4 is 4.74 Å². The molecule has 0 amide bonds. The van der Waals surface area contributed by atoms with Crippen LogP contribution in [0.25, 0.3) is 10.4 Å². The quantitative estimate of drug-likeness (QED) is 0.428. The van der Waals surface area contributed by atoms with Gasteiger partial charge in [0.05, 0.1) is 13.7 Å². The summed E-state index contributed by atoms with van der Waals surface area (Å²) in [7, 11) is 1.43. The van der Waals surface area contributed by atoms with Gasteiger partial charge in [-0.1, -0.05) is 5.11 Å². The molecule has 1 N–H and O–H groups in total. The zero-order valence-electron chi connectivity index (χ0n) is 6.91. The third kappa shape index (κ3) is 2.11. The molecule has 0 aliphatic rings. The first-order valence-electron chi connectivity index (χ1n) is 3.47. The lowest BCUT2D eigenvalue weighted by molar-refractivity contribution is 0.238. The Bertz CT molecular complexity index is 317. The Morgan fingerprint density at radius 2 is 2.69 bits per heavy atom. The SMILES string of the molecule is COc1cc(C(CO)N=[N+]=[N-])on1. The monoisotopic (exact) mass is 184 g/mol. The Morgan fingerprint density at radius 3 is 3.15 bits per heavy atom. The predicted octanol–water partition coefficient (Wildman–Crippen LogP) is 1.03. The average molecular weight is 184 g/mol. The van der Waals surface area contributed by atoms with Crippen molar-refractivity contribution in [3.8, 4) is 5.88 Å². The van der Waals surface area contributed by atoms with Gasteiger partial charge in [0.2, 0.25) is 0 Å². The Balaban J connectivity index is 2.84. The highest BCUT2D eigenvalue weighted by Crippen LogP contribution is 2.20. The Kier molecular flexibility index (Phi) is 3.13. The molecule has 70 valence electrons. The fourth-order valence-electron chi connectivity index (χ4n) is 0.771. The molecule has 0 aliphatic carbocycles. The molecular weight excluding hydrogens is 176 g/mol. The van der Waals surface area contributed by atoms with E-state index in [-0.39, 0.29) is 18.2 Å². The van der Waals surface area contributed by atoms with E-state index in [1.807, 2.05) is 0 Å². The molecule has 1 atom stereocenters. The van der Waals surface area contributed by atoms with Gasteiger partial charge in [0.15, 0.2) is 5.76 Å². The van der Waals surface area contributed by atoms with Crippen molar-refractivity contribution in [1.82, 2.24) is 5.16 Å². The van der Waals surface area contributed by atoms with E-state index in [0.29, 0.717) is 0 Å². The molecule has 0 spiro atoms. The van der Waals surface area contributed by atoms with Gasteiger partial charge < -0.3 is 14.4 Å². The number of methoxy groups -OCH3 is 1. The molecule has 1 unspecified atom stereocenters. The number of aliphatic hydroxyl groups is 1. The van der Waals surface area contributed by atoms with Crippen LogP contribution in [0.3, 0.4) is 0 Å². The molecule has 0 aliphatic heterocycles. The Morgan fingerprint density at radius 1 is 1.92 bits per heavy atom. The van der Waals surface area contributed by atoms with Crippen molar-refractivity contribution in [2.75, 3.05) is 13.7 Å². The van der Waals surface area contributed by atoms with Gasteiger partial charge in [0, 0.05) is 11.0 Å². The first-order chi connectivity index (χ1) is 6.31. The second-order valence-electron chi connectivity index (χ2n) is 2.17. The van der Waals surface area contributed by atoms with Crippen LogP contribution in [-0.2, 0) is 0 Å². The minimum atomic E-state index is -0.749. The van der Waals surface area contributed by atoms with E-state index in [4.69, 9.17) is 19.9 Å². The van der Waals surface area contributed by atoms with E-state index < -0.39 is 6.04 Å². The first kappa shape index (κ1) is 9.37. The highest BCUT2D eigenvalue weighted by Gasteiger charge is 2.14. The van der Waals surface area contributed by atoms with E-state index in [1.165, 1.54) is 13.2 Å². The molecule has 1 aromatic heterocycles. The predicted molar refractivity (Wildman–Crippen MR) is 42.0 cm³/mol. The summed E-state index contributed by atoms with van der Waals surface area (Å²) < 4.78 is 9.51. The number of nitrogens with zero attached hydrogens (tertiary/aromatic N) is 4. The zero-order valence-corrected chi connectivity index (χ0v) is 6.91. The number of hydrogen-bond acceptors (Lipinski definition) is 5. The second kappa shape index (κ2) is 4.34. The fourth-order valence-corrected chi connectivity index (χ4v) is 0.771. The molecule has 13 heavy (non-hydrogen) atoms. The van der Waals surface area contributed by atoms with Crippen molar-refractivity contribution >= 4 is 0 Å². The van der Waals surface area contributed by atoms with Crippen molar-refractivity contribution in [3.05, 3.63) is 22.3 Å². The molecule has 0 fully saturated rings. The topological polar surface area (TPSA) is 104 Å². The summed E-state index contributed by atoms with van der Waals surface area (Å²) >= 11 is 0. The number of aromatic nitrogens is 1. The molecule has 7 nitrogen and oxygen atoms in total. The highest BCUT2D eigenvalue weighted by atomic mass is 16.5. The van der Waals surface area contributed by atoms with Crippen molar-refractivity contribution in [2.45, 2.75) is 6.04 Å². The van der Waals surface area contributed by atoms with Gasteiger partial charge in [-0.2, -0.15) is 0 Å². The normalized spacial score (nSPS) is 11.8. The summed E-state index contributed by atoms with van der Waals surface area (Å²) in [5.74, 6) is 0.554. The van der Waals surface area contributed by atoms with Gasteiger partial charge in [-0.05, 0) is 10.7 Å². The standard InChI is InChI=1S/C6H8N4O3/c1-12-6-2-5(13-9-6)4(3-11)8-10-7/h2,4,11H,3H2,1H3. The minimum Gasteiger partial charge on any atom is -0.479 e. The summed E-state index contributed by atoms with van der Waals surface area (Å²) in [6.45, 7) is -0.331. The number of ether oxygens (including phenoxy) is 1. The van der Waals surface area contributed by atoms with Crippen LogP contribution in [0.4, 0.5) is 0 Å². The van der Waals surface area contributed by atoms with Gasteiger partial charge in [-0.3, -0.25) is 0 Å². The van der Waals surface area contributed by atoms with Crippen LogP contribution in [0.1, 0.15) is 11.8 Å². The van der Waals surface area contributed by atoms with Crippen LogP contribution in [0.15, 0.2) is 15.7 Å². The first-order valence-corrected chi connectivity index (χ1v) is 3.47. The second-order valence-corrected chi connectivity index (χ2v) is 2.17. The van der Waals surface area contributed by atoms with Gasteiger partial charge in [-0.15, -0.1) is 0 Å². The molecule has 1 heterocycles. The van der Waals surface area contributed by atoms with Crippen LogP contribution in [0, 0.1) is 0 Å². The summed E-state index contributed by atoms with van der Waals surface area (Å²) in [4.78, 5) is 2.55. The number of aliphatic hydroxyl groups excluding tert-OH is 1. The maximum atomic E-state index is 8.80. The van der Waals surface area contributed by atoms with Gasteiger partial charge in [-0.25, -0.2) is 0 Å². The Labute approximate surface area is 73.5 Å². The number of hydrogen-bond donors (Lipinski definition) is 1. The maximum absolute atomic E-state index is 8.80. The van der Waals surface area contributed by atoms with E-state index in [1.54, 1.807) is 0 Å². The van der Waals surface area contributed by atoms with Gasteiger partial charge in [0.1, 0.15) is 6.04 Å². The molecule has 0 saturated heterocycles. The third-order valence-electron chi connectivity index (χ3n) is 1.41. The third-order valence-corrected chi connectivity index (χ3v) is 1.41. The average Bonchev–Trinajstić information content (AvgIpc) is 2.62. The van der Waals surface area contributed by atoms with E-state index in [0.717, 1.165) is 0 Å². The largest absolute Gasteiger partial charge is 0.479 e. The van der Waals surface area contributed by atoms with Crippen molar-refractivity contribution in [1.29, 1.82) is 0 Å². The van der Waals surface area contributed by atoms with E-state index in [2.05, 4.69) is 15.2 Å². The summed E-state index contributed by atoms with van der Waals surface area (Å²) in [6.07, 6.45) is 0. The van der Waals surface area contributed by atoms with Crippen LogP contribution >= 0.6 is 0 Å². The molecular formula is C6H8N4O3. The molecule has 1 aromatic rings. The number of rotatable bonds is 4. The highest BCUT2D eigenvalue weighted by molar-refractivity contribution is 5.14. The van der Waals surface area contributed by atoms with Crippen molar-refractivity contribution < 1.29 is 14.4 Å². The summed E-state index contributed by atoms with van der Waals surface area (Å²) in [6, 6.07) is 0.705. The molecule has 0 bridgehead atoms. The Hall–Kier alpha value is -1.72. The summed E-state index contributed by atoms with van der Waals surface area (Å²) in [5.41, 5.74) is 8.15. The van der Waals surface area contributed by atoms with Crippen LogP contribution in [0.5, 0.6) is 5.88 Å². The van der Waals surface area contributed by atoms with Crippen molar-refractivity contribution in [3.63, 3.8) is 0 Å². The van der Waals surface area contributed by atoms with Crippen LogP contribution in [0.2, 0.25) is 0 Å². The lowest BCUT2D eigenvalue weighted by atomic mass is 10.2. The minimum absolute atomic E-state index is 0.275. The molecule has 0 saturated carbocycles. The van der Waals surface area contributed by atoms with Crippen LogP contribution in [-0.4, -0.2) is 24.0 Å². The maximum Gasteiger partial charge on any atom is 0.254 e. The fraction of sp³-hybridized carbons (Fsp3) is 0.500. The molecule has 0 radical (unpaired) electrons. The van der Waals surface area contributed by atoms with Gasteiger partial charge in [0.25, 0.3) is 5.88 Å². The van der Waals surface area contributed by atoms with Crippen molar-refractivity contribution in [2.24, 2.45) is 5.11 Å². The van der Waals surface area contributed by atoms with E-state index >= 15 is 0 Å². The lowest BCUT2D eigenvalue weighted by Gasteiger charge is -1.99. The molecule has 7 heteroatoms. The zero-order chi connectivity index (χ0) is 9.68. The van der Waals surface area contributed by atoms with Gasteiger partial charge >= 0.3 is 0 Å². The number of azide groups is 1.